The minimum Gasteiger partial charge on any atom is -0.321 e. The molecule has 0 bridgehead atoms. The first-order valence-electron chi connectivity index (χ1n) is 9.32. The van der Waals surface area contributed by atoms with Gasteiger partial charge in [0, 0.05) is 23.1 Å². The molecule has 7 nitrogen and oxygen atoms in total. The van der Waals surface area contributed by atoms with Gasteiger partial charge in [-0.15, -0.1) is 0 Å². The quantitative estimate of drug-likeness (QED) is 0.525. The third kappa shape index (κ3) is 4.06. The maximum Gasteiger partial charge on any atom is 0.275 e. The van der Waals surface area contributed by atoms with E-state index in [2.05, 4.69) is 25.4 Å². The molecule has 1 aromatic carbocycles. The van der Waals surface area contributed by atoms with E-state index in [4.69, 9.17) is 11.6 Å². The number of benzene rings is 1. The fraction of sp³-hybridized carbons (Fsp3) is 0.136. The highest BCUT2D eigenvalue weighted by molar-refractivity contribution is 6.34. The summed E-state index contributed by atoms with van der Waals surface area (Å²) < 4.78 is 1.68. The highest BCUT2D eigenvalue weighted by Crippen LogP contribution is 2.23. The molecule has 3 aromatic heterocycles. The minimum absolute atomic E-state index is 0.130. The van der Waals surface area contributed by atoms with Crippen LogP contribution in [0.15, 0.2) is 54.7 Å². The van der Waals surface area contributed by atoms with E-state index < -0.39 is 5.91 Å². The van der Waals surface area contributed by atoms with Gasteiger partial charge in [-0.1, -0.05) is 23.7 Å². The van der Waals surface area contributed by atoms with Crippen molar-refractivity contribution in [1.82, 2.24) is 24.7 Å². The summed E-state index contributed by atoms with van der Waals surface area (Å²) in [6.45, 7) is 5.66. The standard InChI is InChI=1S/C22H19ClN6O/c1-13-11-14(2)29(28-13)20-8-7-18(23)21(27-20)22(30)26-17-6-4-5-16(12-17)19-9-10-24-15(3)25-19/h4-12H,1-3H3,(H,26,30). The molecule has 8 heteroatoms. The van der Waals surface area contributed by atoms with Gasteiger partial charge in [-0.05, 0) is 57.2 Å². The van der Waals surface area contributed by atoms with Crippen LogP contribution in [0.5, 0.6) is 0 Å². The van der Waals surface area contributed by atoms with Gasteiger partial charge in [-0.2, -0.15) is 5.10 Å². The van der Waals surface area contributed by atoms with Gasteiger partial charge in [0.15, 0.2) is 5.82 Å². The van der Waals surface area contributed by atoms with Crippen LogP contribution in [-0.4, -0.2) is 30.6 Å². The molecule has 0 spiro atoms. The second kappa shape index (κ2) is 8.04. The Hall–Kier alpha value is -3.58. The van der Waals surface area contributed by atoms with Crippen molar-refractivity contribution in [3.05, 3.63) is 82.7 Å². The van der Waals surface area contributed by atoms with E-state index in [-0.39, 0.29) is 10.7 Å². The van der Waals surface area contributed by atoms with Crippen LogP contribution >= 0.6 is 11.6 Å². The maximum atomic E-state index is 12.9. The first-order chi connectivity index (χ1) is 14.4. The highest BCUT2D eigenvalue weighted by atomic mass is 35.5. The number of aryl methyl sites for hydroxylation is 3. The van der Waals surface area contributed by atoms with E-state index in [1.165, 1.54) is 0 Å². The van der Waals surface area contributed by atoms with Gasteiger partial charge in [-0.3, -0.25) is 4.79 Å². The zero-order valence-electron chi connectivity index (χ0n) is 16.7. The summed E-state index contributed by atoms with van der Waals surface area (Å²) in [5.74, 6) is 0.804. The van der Waals surface area contributed by atoms with E-state index in [0.717, 1.165) is 22.6 Å². The summed E-state index contributed by atoms with van der Waals surface area (Å²) in [5, 5.41) is 7.54. The molecule has 0 aliphatic rings. The molecule has 0 atom stereocenters. The Labute approximate surface area is 178 Å². The van der Waals surface area contributed by atoms with Crippen LogP contribution in [0.4, 0.5) is 5.69 Å². The number of anilines is 1. The van der Waals surface area contributed by atoms with Crippen LogP contribution in [-0.2, 0) is 0 Å². The third-order valence-electron chi connectivity index (χ3n) is 4.47. The zero-order valence-corrected chi connectivity index (χ0v) is 17.5. The number of carbonyl (C=O) groups is 1. The number of hydrogen-bond donors (Lipinski definition) is 1. The van der Waals surface area contributed by atoms with Crippen molar-refractivity contribution >= 4 is 23.2 Å². The lowest BCUT2D eigenvalue weighted by atomic mass is 10.1. The molecule has 1 N–H and O–H groups in total. The Kier molecular flexibility index (Phi) is 5.29. The maximum absolute atomic E-state index is 12.9. The lowest BCUT2D eigenvalue weighted by molar-refractivity contribution is 0.102. The Morgan fingerprint density at radius 1 is 1.03 bits per heavy atom. The van der Waals surface area contributed by atoms with E-state index in [1.807, 2.05) is 51.1 Å². The van der Waals surface area contributed by atoms with Crippen molar-refractivity contribution in [3.63, 3.8) is 0 Å². The number of aromatic nitrogens is 5. The summed E-state index contributed by atoms with van der Waals surface area (Å²) in [5.41, 5.74) is 4.18. The number of hydrogen-bond acceptors (Lipinski definition) is 5. The molecule has 1 amide bonds. The molecule has 150 valence electrons. The van der Waals surface area contributed by atoms with Crippen molar-refractivity contribution in [2.24, 2.45) is 0 Å². The molecule has 30 heavy (non-hydrogen) atoms. The van der Waals surface area contributed by atoms with Crippen molar-refractivity contribution in [2.75, 3.05) is 5.32 Å². The molecular weight excluding hydrogens is 400 g/mol. The summed E-state index contributed by atoms with van der Waals surface area (Å²) in [4.78, 5) is 25.9. The fourth-order valence-electron chi connectivity index (χ4n) is 3.13. The van der Waals surface area contributed by atoms with Gasteiger partial charge in [0.1, 0.15) is 11.5 Å². The van der Waals surface area contributed by atoms with Crippen LogP contribution in [0.3, 0.4) is 0 Å². The molecule has 0 aliphatic heterocycles. The van der Waals surface area contributed by atoms with Gasteiger partial charge in [0.05, 0.1) is 16.4 Å². The number of carbonyl (C=O) groups excluding carboxylic acids is 1. The highest BCUT2D eigenvalue weighted by Gasteiger charge is 2.16. The predicted octanol–water partition coefficient (Wildman–Crippen LogP) is 4.56. The lowest BCUT2D eigenvalue weighted by Gasteiger charge is -2.10. The summed E-state index contributed by atoms with van der Waals surface area (Å²) in [6.07, 6.45) is 1.71. The molecule has 4 rings (SSSR count). The van der Waals surface area contributed by atoms with Crippen LogP contribution in [0.2, 0.25) is 5.02 Å². The van der Waals surface area contributed by atoms with Gasteiger partial charge >= 0.3 is 0 Å². The number of rotatable bonds is 4. The topological polar surface area (TPSA) is 85.6 Å². The van der Waals surface area contributed by atoms with Crippen LogP contribution in [0, 0.1) is 20.8 Å². The predicted molar refractivity (Wildman–Crippen MR) is 116 cm³/mol. The molecule has 0 saturated heterocycles. The van der Waals surface area contributed by atoms with Crippen molar-refractivity contribution in [2.45, 2.75) is 20.8 Å². The van der Waals surface area contributed by atoms with Crippen molar-refractivity contribution in [3.8, 4) is 17.1 Å². The monoisotopic (exact) mass is 418 g/mol. The SMILES string of the molecule is Cc1cc(C)n(-c2ccc(Cl)c(C(=O)Nc3cccc(-c4ccnc(C)n4)c3)n2)n1. The molecule has 0 unspecified atom stereocenters. The number of halogens is 1. The second-order valence-electron chi connectivity index (χ2n) is 6.86. The average Bonchev–Trinajstić information content (AvgIpc) is 3.06. The van der Waals surface area contributed by atoms with Crippen molar-refractivity contribution in [1.29, 1.82) is 0 Å². The van der Waals surface area contributed by atoms with Crippen molar-refractivity contribution < 1.29 is 4.79 Å². The van der Waals surface area contributed by atoms with Crippen LogP contribution in [0.1, 0.15) is 27.7 Å². The zero-order chi connectivity index (χ0) is 21.3. The molecule has 0 radical (unpaired) electrons. The molecule has 0 fully saturated rings. The minimum atomic E-state index is -0.403. The molecule has 3 heterocycles. The molecule has 4 aromatic rings. The number of nitrogens with one attached hydrogen (secondary N) is 1. The summed E-state index contributed by atoms with van der Waals surface area (Å²) in [6, 6.07) is 14.6. The molecule has 0 saturated carbocycles. The molecular formula is C22H19ClN6O. The summed E-state index contributed by atoms with van der Waals surface area (Å²) >= 11 is 6.26. The molecule has 0 aliphatic carbocycles. The Balaban J connectivity index is 1.62. The Morgan fingerprint density at radius 3 is 2.60 bits per heavy atom. The Bertz CT molecular complexity index is 1250. The van der Waals surface area contributed by atoms with Crippen LogP contribution < -0.4 is 5.32 Å². The number of pyridine rings is 1. The summed E-state index contributed by atoms with van der Waals surface area (Å²) in [7, 11) is 0. The first kappa shape index (κ1) is 19.7. The van der Waals surface area contributed by atoms with Crippen LogP contribution in [0.25, 0.3) is 17.1 Å². The number of amides is 1. The van der Waals surface area contributed by atoms with Gasteiger partial charge in [-0.25, -0.2) is 19.6 Å². The largest absolute Gasteiger partial charge is 0.321 e. The van der Waals surface area contributed by atoms with E-state index in [9.17, 15) is 4.79 Å². The van der Waals surface area contributed by atoms with Gasteiger partial charge in [0.25, 0.3) is 5.91 Å². The van der Waals surface area contributed by atoms with Gasteiger partial charge in [0.2, 0.25) is 0 Å². The second-order valence-corrected chi connectivity index (χ2v) is 7.27. The van der Waals surface area contributed by atoms with E-state index in [0.29, 0.717) is 17.3 Å². The normalized spacial score (nSPS) is 10.8. The third-order valence-corrected chi connectivity index (χ3v) is 4.77. The van der Waals surface area contributed by atoms with E-state index in [1.54, 1.807) is 29.1 Å². The first-order valence-corrected chi connectivity index (χ1v) is 9.70. The van der Waals surface area contributed by atoms with Gasteiger partial charge < -0.3 is 5.32 Å². The fourth-order valence-corrected chi connectivity index (χ4v) is 3.32. The van der Waals surface area contributed by atoms with E-state index >= 15 is 0 Å². The Morgan fingerprint density at radius 2 is 1.87 bits per heavy atom. The number of nitrogens with zero attached hydrogens (tertiary/aromatic N) is 5. The lowest BCUT2D eigenvalue weighted by Crippen LogP contribution is -2.16. The smallest absolute Gasteiger partial charge is 0.275 e. The average molecular weight is 419 g/mol.